The lowest BCUT2D eigenvalue weighted by Gasteiger charge is -2.18. The molecule has 1 aromatic heterocycles. The number of carbonyl (C=O) groups is 1. The molecule has 1 saturated heterocycles. The molecule has 1 aromatic carbocycles. The van der Waals surface area contributed by atoms with Crippen LogP contribution in [-0.4, -0.2) is 54.3 Å². The van der Waals surface area contributed by atoms with Gasteiger partial charge in [-0.25, -0.2) is 0 Å². The van der Waals surface area contributed by atoms with Crippen molar-refractivity contribution in [3.05, 3.63) is 18.2 Å². The molecule has 0 saturated carbocycles. The first kappa shape index (κ1) is 17.2. The summed E-state index contributed by atoms with van der Waals surface area (Å²) in [4.78, 5) is 11.9. The van der Waals surface area contributed by atoms with Gasteiger partial charge in [-0.05, 0) is 31.0 Å². The molecule has 0 spiro atoms. The average molecular weight is 377 g/mol. The van der Waals surface area contributed by atoms with Gasteiger partial charge in [0.25, 0.3) is 5.22 Å². The standard InChI is InChI=1S/C17H19N3O5S/c21-15(18-9-12-2-1-5-22-12)10-26-17-20-19-16(25-17)11-3-4-13-14(8-11)24-7-6-23-13/h3-4,8,12H,1-2,5-7,9-10H2,(H,18,21). The Labute approximate surface area is 154 Å². The van der Waals surface area contributed by atoms with Gasteiger partial charge in [0.05, 0.1) is 11.9 Å². The third-order valence-electron chi connectivity index (χ3n) is 4.07. The van der Waals surface area contributed by atoms with Crippen molar-refractivity contribution in [1.82, 2.24) is 15.5 Å². The van der Waals surface area contributed by atoms with E-state index in [2.05, 4.69) is 15.5 Å². The van der Waals surface area contributed by atoms with Gasteiger partial charge in [0.15, 0.2) is 11.5 Å². The van der Waals surface area contributed by atoms with Crippen LogP contribution < -0.4 is 14.8 Å². The topological polar surface area (TPSA) is 95.7 Å². The van der Waals surface area contributed by atoms with E-state index in [-0.39, 0.29) is 17.8 Å². The number of benzene rings is 1. The van der Waals surface area contributed by atoms with E-state index in [9.17, 15) is 4.79 Å². The third-order valence-corrected chi connectivity index (χ3v) is 4.89. The van der Waals surface area contributed by atoms with E-state index in [0.717, 1.165) is 25.0 Å². The number of amides is 1. The molecule has 0 bridgehead atoms. The quantitative estimate of drug-likeness (QED) is 0.763. The molecule has 1 atom stereocenters. The molecule has 1 N–H and O–H groups in total. The summed E-state index contributed by atoms with van der Waals surface area (Å²) in [6, 6.07) is 5.47. The Kier molecular flexibility index (Phi) is 5.26. The predicted molar refractivity (Wildman–Crippen MR) is 93.4 cm³/mol. The lowest BCUT2D eigenvalue weighted by Crippen LogP contribution is -2.32. The molecule has 2 aliphatic rings. The Morgan fingerprint density at radius 3 is 2.92 bits per heavy atom. The van der Waals surface area contributed by atoms with Crippen LogP contribution in [-0.2, 0) is 9.53 Å². The molecule has 2 aromatic rings. The van der Waals surface area contributed by atoms with Crippen LogP contribution in [0, 0.1) is 0 Å². The van der Waals surface area contributed by atoms with Gasteiger partial charge in [0.1, 0.15) is 13.2 Å². The monoisotopic (exact) mass is 377 g/mol. The molecule has 4 rings (SSSR count). The summed E-state index contributed by atoms with van der Waals surface area (Å²) in [7, 11) is 0. The number of carbonyl (C=O) groups excluding carboxylic acids is 1. The van der Waals surface area contributed by atoms with Crippen LogP contribution in [0.15, 0.2) is 27.8 Å². The number of fused-ring (bicyclic) bond motifs is 1. The van der Waals surface area contributed by atoms with E-state index >= 15 is 0 Å². The number of rotatable bonds is 6. The predicted octanol–water partition coefficient (Wildman–Crippen LogP) is 1.90. The second kappa shape index (κ2) is 7.96. The van der Waals surface area contributed by atoms with E-state index in [4.69, 9.17) is 18.6 Å². The summed E-state index contributed by atoms with van der Waals surface area (Å²) in [5.41, 5.74) is 0.747. The molecule has 8 nitrogen and oxygen atoms in total. The number of nitrogens with zero attached hydrogens (tertiary/aromatic N) is 2. The maximum absolute atomic E-state index is 11.9. The fraction of sp³-hybridized carbons (Fsp3) is 0.471. The van der Waals surface area contributed by atoms with Crippen LogP contribution in [0.25, 0.3) is 11.5 Å². The molecule has 1 unspecified atom stereocenters. The molecule has 1 amide bonds. The fourth-order valence-electron chi connectivity index (χ4n) is 2.77. The van der Waals surface area contributed by atoms with Crippen LogP contribution in [0.3, 0.4) is 0 Å². The highest BCUT2D eigenvalue weighted by Crippen LogP contribution is 2.34. The van der Waals surface area contributed by atoms with Crippen molar-refractivity contribution in [3.63, 3.8) is 0 Å². The van der Waals surface area contributed by atoms with Gasteiger partial charge in [0, 0.05) is 18.7 Å². The van der Waals surface area contributed by atoms with E-state index in [1.54, 1.807) is 0 Å². The van der Waals surface area contributed by atoms with Crippen LogP contribution in [0.4, 0.5) is 0 Å². The molecular weight excluding hydrogens is 358 g/mol. The van der Waals surface area contributed by atoms with Crippen molar-refractivity contribution in [2.75, 3.05) is 32.1 Å². The number of ether oxygens (including phenoxy) is 3. The normalized spacial score (nSPS) is 18.7. The summed E-state index contributed by atoms with van der Waals surface area (Å²) >= 11 is 1.21. The molecule has 9 heteroatoms. The van der Waals surface area contributed by atoms with Gasteiger partial charge in [0.2, 0.25) is 11.8 Å². The summed E-state index contributed by atoms with van der Waals surface area (Å²) in [6.45, 7) is 2.39. The first-order chi connectivity index (χ1) is 12.8. The maximum atomic E-state index is 11.9. The number of aromatic nitrogens is 2. The van der Waals surface area contributed by atoms with Crippen LogP contribution >= 0.6 is 11.8 Å². The van der Waals surface area contributed by atoms with E-state index < -0.39 is 0 Å². The van der Waals surface area contributed by atoms with Crippen molar-refractivity contribution in [2.24, 2.45) is 0 Å². The number of hydrogen-bond donors (Lipinski definition) is 1. The van der Waals surface area contributed by atoms with Crippen molar-refractivity contribution in [3.8, 4) is 23.0 Å². The van der Waals surface area contributed by atoms with Gasteiger partial charge in [-0.2, -0.15) is 0 Å². The van der Waals surface area contributed by atoms with E-state index in [1.165, 1.54) is 11.8 Å². The minimum absolute atomic E-state index is 0.0791. The smallest absolute Gasteiger partial charge is 0.277 e. The summed E-state index contributed by atoms with van der Waals surface area (Å²) < 4.78 is 22.2. The van der Waals surface area contributed by atoms with Gasteiger partial charge in [-0.1, -0.05) is 11.8 Å². The highest BCUT2D eigenvalue weighted by molar-refractivity contribution is 7.99. The van der Waals surface area contributed by atoms with E-state index in [1.807, 2.05) is 18.2 Å². The Bertz CT molecular complexity index is 776. The second-order valence-electron chi connectivity index (χ2n) is 5.96. The highest BCUT2D eigenvalue weighted by Gasteiger charge is 2.18. The van der Waals surface area contributed by atoms with Gasteiger partial charge in [-0.3, -0.25) is 4.79 Å². The number of hydrogen-bond acceptors (Lipinski definition) is 8. The first-order valence-electron chi connectivity index (χ1n) is 8.52. The zero-order valence-corrected chi connectivity index (χ0v) is 14.9. The minimum atomic E-state index is -0.0791. The highest BCUT2D eigenvalue weighted by atomic mass is 32.2. The Morgan fingerprint density at radius 1 is 1.19 bits per heavy atom. The molecule has 0 aliphatic carbocycles. The number of nitrogens with one attached hydrogen (secondary N) is 1. The lowest BCUT2D eigenvalue weighted by atomic mass is 10.2. The fourth-order valence-corrected chi connectivity index (χ4v) is 3.37. The zero-order valence-electron chi connectivity index (χ0n) is 14.1. The molecule has 0 radical (unpaired) electrons. The minimum Gasteiger partial charge on any atom is -0.486 e. The van der Waals surface area contributed by atoms with Crippen LogP contribution in [0.5, 0.6) is 11.5 Å². The Morgan fingerprint density at radius 2 is 2.08 bits per heavy atom. The molecule has 3 heterocycles. The van der Waals surface area contributed by atoms with E-state index in [0.29, 0.717) is 42.4 Å². The molecule has 138 valence electrons. The molecule has 2 aliphatic heterocycles. The van der Waals surface area contributed by atoms with Crippen molar-refractivity contribution >= 4 is 17.7 Å². The molecule has 26 heavy (non-hydrogen) atoms. The maximum Gasteiger partial charge on any atom is 0.277 e. The van der Waals surface area contributed by atoms with Crippen LogP contribution in [0.2, 0.25) is 0 Å². The lowest BCUT2D eigenvalue weighted by molar-refractivity contribution is -0.119. The third kappa shape index (κ3) is 4.10. The van der Waals surface area contributed by atoms with Crippen molar-refractivity contribution < 1.29 is 23.4 Å². The Hall–Kier alpha value is -2.26. The van der Waals surface area contributed by atoms with Crippen molar-refractivity contribution in [2.45, 2.75) is 24.2 Å². The first-order valence-corrected chi connectivity index (χ1v) is 9.51. The molecular formula is C17H19N3O5S. The largest absolute Gasteiger partial charge is 0.486 e. The van der Waals surface area contributed by atoms with Crippen molar-refractivity contribution in [1.29, 1.82) is 0 Å². The van der Waals surface area contributed by atoms with Gasteiger partial charge < -0.3 is 23.9 Å². The number of thioether (sulfide) groups is 1. The molecule has 1 fully saturated rings. The van der Waals surface area contributed by atoms with Gasteiger partial charge in [-0.15, -0.1) is 10.2 Å². The summed E-state index contributed by atoms with van der Waals surface area (Å²) in [6.07, 6.45) is 2.18. The average Bonchev–Trinajstić information content (AvgIpc) is 3.36. The van der Waals surface area contributed by atoms with Crippen LogP contribution in [0.1, 0.15) is 12.8 Å². The van der Waals surface area contributed by atoms with Gasteiger partial charge >= 0.3 is 0 Å². The zero-order chi connectivity index (χ0) is 17.8. The second-order valence-corrected chi connectivity index (χ2v) is 6.89. The summed E-state index contributed by atoms with van der Waals surface area (Å²) in [5, 5.41) is 11.2. The SMILES string of the molecule is O=C(CSc1nnc(-c2ccc3c(c2)OCCO3)o1)NCC1CCCO1. The Balaban J connectivity index is 1.31. The summed E-state index contributed by atoms with van der Waals surface area (Å²) in [5.74, 6) is 1.88.